The molecule has 1 aliphatic rings. The SMILES string of the molecule is Cc1cccc(Nc2nc([NH+]3CCOCC3)c3ccccc3n2)c1. The van der Waals surface area contributed by atoms with E-state index < -0.39 is 0 Å². The van der Waals surface area contributed by atoms with Gasteiger partial charge in [0, 0.05) is 5.69 Å². The van der Waals surface area contributed by atoms with Gasteiger partial charge in [0.15, 0.2) is 0 Å². The zero-order chi connectivity index (χ0) is 16.4. The second-order valence-electron chi connectivity index (χ2n) is 6.12. The Hall–Kier alpha value is -2.50. The Bertz CT molecular complexity index is 859. The van der Waals surface area contributed by atoms with Gasteiger partial charge in [-0.25, -0.2) is 4.98 Å². The van der Waals surface area contributed by atoms with Gasteiger partial charge >= 0.3 is 0 Å². The predicted octanol–water partition coefficient (Wildman–Crippen LogP) is 2.23. The fraction of sp³-hybridized carbons (Fsp3) is 0.263. The molecule has 2 aromatic carbocycles. The summed E-state index contributed by atoms with van der Waals surface area (Å²) in [5, 5.41) is 4.46. The molecule has 5 nitrogen and oxygen atoms in total. The first-order valence-electron chi connectivity index (χ1n) is 8.33. The van der Waals surface area contributed by atoms with Crippen molar-refractivity contribution in [3.63, 3.8) is 0 Å². The Morgan fingerprint density at radius 3 is 2.67 bits per heavy atom. The zero-order valence-corrected chi connectivity index (χ0v) is 13.7. The number of anilines is 2. The maximum atomic E-state index is 5.49. The molecular weight excluding hydrogens is 300 g/mol. The minimum Gasteiger partial charge on any atom is -0.370 e. The average Bonchev–Trinajstić information content (AvgIpc) is 2.62. The van der Waals surface area contributed by atoms with Crippen LogP contribution in [0.25, 0.3) is 10.9 Å². The molecule has 1 saturated heterocycles. The van der Waals surface area contributed by atoms with E-state index in [1.807, 2.05) is 30.3 Å². The Labute approximate surface area is 141 Å². The standard InChI is InChI=1S/C19H20N4O/c1-14-5-4-6-15(13-14)20-19-21-17-8-3-2-7-16(17)18(22-19)23-9-11-24-12-10-23/h2-8,13H,9-12H2,1H3,(H,20,21,22)/p+1. The van der Waals surface area contributed by atoms with Gasteiger partial charge in [0.05, 0.1) is 24.1 Å². The molecule has 0 amide bonds. The van der Waals surface area contributed by atoms with E-state index in [1.165, 1.54) is 10.5 Å². The van der Waals surface area contributed by atoms with E-state index in [4.69, 9.17) is 9.72 Å². The monoisotopic (exact) mass is 321 g/mol. The van der Waals surface area contributed by atoms with Gasteiger partial charge in [-0.15, -0.1) is 0 Å². The van der Waals surface area contributed by atoms with Crippen LogP contribution in [0.15, 0.2) is 48.5 Å². The van der Waals surface area contributed by atoms with E-state index >= 15 is 0 Å². The number of rotatable bonds is 3. The molecule has 0 spiro atoms. The molecule has 3 aromatic rings. The molecule has 122 valence electrons. The number of hydrogen-bond acceptors (Lipinski definition) is 4. The lowest BCUT2D eigenvalue weighted by atomic mass is 10.2. The normalized spacial score (nSPS) is 15.5. The third-order valence-electron chi connectivity index (χ3n) is 4.31. The fourth-order valence-corrected chi connectivity index (χ4v) is 3.11. The number of fused-ring (bicyclic) bond motifs is 1. The minimum atomic E-state index is 0.647. The number of quaternary nitrogens is 1. The van der Waals surface area contributed by atoms with Gasteiger partial charge in [-0.2, -0.15) is 4.98 Å². The summed E-state index contributed by atoms with van der Waals surface area (Å²) in [6.45, 7) is 5.49. The highest BCUT2D eigenvalue weighted by molar-refractivity contribution is 5.87. The van der Waals surface area contributed by atoms with Gasteiger partial charge in [-0.3, -0.25) is 4.90 Å². The number of morpholine rings is 1. The van der Waals surface area contributed by atoms with Crippen molar-refractivity contribution < 1.29 is 9.64 Å². The van der Waals surface area contributed by atoms with Crippen molar-refractivity contribution in [2.45, 2.75) is 6.92 Å². The molecule has 1 aromatic heterocycles. The van der Waals surface area contributed by atoms with E-state index in [0.717, 1.165) is 48.7 Å². The second kappa shape index (κ2) is 6.55. The van der Waals surface area contributed by atoms with Gasteiger partial charge in [-0.1, -0.05) is 24.3 Å². The number of aryl methyl sites for hydroxylation is 1. The molecule has 0 aliphatic carbocycles. The van der Waals surface area contributed by atoms with Crippen molar-refractivity contribution in [3.8, 4) is 0 Å². The van der Waals surface area contributed by atoms with Crippen LogP contribution in [0, 0.1) is 6.92 Å². The number of benzene rings is 2. The molecule has 1 aliphatic heterocycles. The van der Waals surface area contributed by atoms with Crippen LogP contribution < -0.4 is 10.2 Å². The van der Waals surface area contributed by atoms with Crippen LogP contribution in [0.2, 0.25) is 0 Å². The van der Waals surface area contributed by atoms with Crippen LogP contribution in [0.1, 0.15) is 5.56 Å². The van der Waals surface area contributed by atoms with E-state index in [2.05, 4.69) is 35.4 Å². The molecule has 1 fully saturated rings. The highest BCUT2D eigenvalue weighted by atomic mass is 16.5. The van der Waals surface area contributed by atoms with E-state index in [1.54, 1.807) is 0 Å². The molecular formula is C19H21N4O+. The van der Waals surface area contributed by atoms with Crippen LogP contribution >= 0.6 is 0 Å². The van der Waals surface area contributed by atoms with Gasteiger partial charge in [0.2, 0.25) is 11.8 Å². The smallest absolute Gasteiger partial charge is 0.238 e. The summed E-state index contributed by atoms with van der Waals surface area (Å²) in [5.74, 6) is 1.70. The van der Waals surface area contributed by atoms with Crippen LogP contribution in [0.4, 0.5) is 17.5 Å². The van der Waals surface area contributed by atoms with E-state index in [-0.39, 0.29) is 0 Å². The topological polar surface area (TPSA) is 51.5 Å². The third-order valence-corrected chi connectivity index (χ3v) is 4.31. The van der Waals surface area contributed by atoms with Crippen molar-refractivity contribution in [3.05, 3.63) is 54.1 Å². The Kier molecular flexibility index (Phi) is 4.11. The molecule has 0 bridgehead atoms. The van der Waals surface area contributed by atoms with Gasteiger partial charge in [-0.05, 0) is 36.8 Å². The van der Waals surface area contributed by atoms with Gasteiger partial charge < -0.3 is 10.1 Å². The van der Waals surface area contributed by atoms with Crippen molar-refractivity contribution in [2.24, 2.45) is 0 Å². The summed E-state index contributed by atoms with van der Waals surface area (Å²) in [6, 6.07) is 16.5. The predicted molar refractivity (Wildman–Crippen MR) is 95.2 cm³/mol. The Morgan fingerprint density at radius 2 is 1.83 bits per heavy atom. The first kappa shape index (κ1) is 15.1. The molecule has 0 unspecified atom stereocenters. The summed E-state index contributed by atoms with van der Waals surface area (Å²) in [4.78, 5) is 10.9. The average molecular weight is 321 g/mol. The number of ether oxygens (including phenoxy) is 1. The maximum absolute atomic E-state index is 5.49. The lowest BCUT2D eigenvalue weighted by Gasteiger charge is -2.23. The summed E-state index contributed by atoms with van der Waals surface area (Å²) in [7, 11) is 0. The molecule has 5 heteroatoms. The number of para-hydroxylation sites is 1. The number of hydrogen-bond donors (Lipinski definition) is 2. The largest absolute Gasteiger partial charge is 0.370 e. The number of nitrogens with zero attached hydrogens (tertiary/aromatic N) is 2. The summed E-state index contributed by atoms with van der Waals surface area (Å²) in [5.41, 5.74) is 3.18. The first-order valence-corrected chi connectivity index (χ1v) is 8.33. The van der Waals surface area contributed by atoms with Crippen LogP contribution in [0.3, 0.4) is 0 Å². The molecule has 0 saturated carbocycles. The first-order chi connectivity index (χ1) is 11.8. The summed E-state index contributed by atoms with van der Waals surface area (Å²) >= 11 is 0. The quantitative estimate of drug-likeness (QED) is 0.777. The minimum absolute atomic E-state index is 0.647. The molecule has 0 atom stereocenters. The van der Waals surface area contributed by atoms with Crippen LogP contribution in [0.5, 0.6) is 0 Å². The lowest BCUT2D eigenvalue weighted by Crippen LogP contribution is -3.09. The highest BCUT2D eigenvalue weighted by Crippen LogP contribution is 2.21. The van der Waals surface area contributed by atoms with Gasteiger partial charge in [0.25, 0.3) is 0 Å². The second-order valence-corrected chi connectivity index (χ2v) is 6.12. The zero-order valence-electron chi connectivity index (χ0n) is 13.7. The van der Waals surface area contributed by atoms with Crippen LogP contribution in [-0.4, -0.2) is 36.3 Å². The molecule has 24 heavy (non-hydrogen) atoms. The molecule has 0 radical (unpaired) electrons. The summed E-state index contributed by atoms with van der Waals surface area (Å²) < 4.78 is 5.49. The third kappa shape index (κ3) is 3.09. The molecule has 2 heterocycles. The molecule has 2 N–H and O–H groups in total. The maximum Gasteiger partial charge on any atom is 0.238 e. The van der Waals surface area contributed by atoms with Crippen molar-refractivity contribution in [1.29, 1.82) is 0 Å². The lowest BCUT2D eigenvalue weighted by molar-refractivity contribution is -0.843. The van der Waals surface area contributed by atoms with Crippen molar-refractivity contribution in [1.82, 2.24) is 9.97 Å². The Balaban J connectivity index is 1.76. The van der Waals surface area contributed by atoms with Gasteiger partial charge in [0.1, 0.15) is 13.1 Å². The van der Waals surface area contributed by atoms with E-state index in [9.17, 15) is 0 Å². The van der Waals surface area contributed by atoms with E-state index in [0.29, 0.717) is 5.95 Å². The highest BCUT2D eigenvalue weighted by Gasteiger charge is 2.22. The number of aromatic nitrogens is 2. The fourth-order valence-electron chi connectivity index (χ4n) is 3.11. The molecule has 4 rings (SSSR count). The van der Waals surface area contributed by atoms with Crippen molar-refractivity contribution >= 4 is 28.4 Å². The summed E-state index contributed by atoms with van der Waals surface area (Å²) in [6.07, 6.45) is 0. The number of nitrogens with one attached hydrogen (secondary N) is 2. The Morgan fingerprint density at radius 1 is 1.00 bits per heavy atom. The van der Waals surface area contributed by atoms with Crippen LogP contribution in [-0.2, 0) is 4.74 Å². The van der Waals surface area contributed by atoms with Crippen molar-refractivity contribution in [2.75, 3.05) is 31.6 Å².